The van der Waals surface area contributed by atoms with Gasteiger partial charge in [-0.25, -0.2) is 0 Å². The first kappa shape index (κ1) is 27.9. The van der Waals surface area contributed by atoms with Crippen LogP contribution in [-0.2, 0) is 0 Å². The molecule has 0 saturated heterocycles. The van der Waals surface area contributed by atoms with Crippen LogP contribution in [0.3, 0.4) is 0 Å². The smallest absolute Gasteiger partial charge is 0.101 e. The van der Waals surface area contributed by atoms with Gasteiger partial charge in [0.05, 0.1) is 44.6 Å². The van der Waals surface area contributed by atoms with E-state index in [0.29, 0.717) is 22.5 Å². The minimum absolute atomic E-state index is 0.491. The Morgan fingerprint density at radius 2 is 0.840 bits per heavy atom. The van der Waals surface area contributed by atoms with Crippen LogP contribution in [0, 0.1) is 22.7 Å². The van der Waals surface area contributed by atoms with Crippen LogP contribution < -0.4 is 0 Å². The molecule has 0 N–H and O–H groups in total. The third-order valence-corrected chi connectivity index (χ3v) is 10.2. The molecule has 0 bridgehead atoms. The van der Waals surface area contributed by atoms with Crippen molar-refractivity contribution in [3.8, 4) is 34.6 Å². The van der Waals surface area contributed by atoms with Crippen molar-refractivity contribution in [2.45, 2.75) is 0 Å². The van der Waals surface area contributed by atoms with Crippen molar-refractivity contribution >= 4 is 65.2 Å². The molecule has 0 atom stereocenters. The number of fused-ring (bicyclic) bond motifs is 10. The van der Waals surface area contributed by atoms with Gasteiger partial charge in [-0.3, -0.25) is 0 Å². The molecule has 230 valence electrons. The maximum atomic E-state index is 10.8. The molecule has 10 aromatic rings. The van der Waals surface area contributed by atoms with Crippen molar-refractivity contribution in [2.75, 3.05) is 0 Å². The summed E-state index contributed by atoms with van der Waals surface area (Å²) >= 11 is 0. The molecule has 0 radical (unpaired) electrons. The van der Waals surface area contributed by atoms with Gasteiger partial charge in [0, 0.05) is 21.5 Å². The van der Waals surface area contributed by atoms with E-state index in [1.807, 2.05) is 24.3 Å². The first-order valence-corrected chi connectivity index (χ1v) is 16.6. The maximum absolute atomic E-state index is 10.8. The molecule has 0 spiro atoms. The van der Waals surface area contributed by atoms with Crippen molar-refractivity contribution in [3.05, 3.63) is 169 Å². The lowest BCUT2D eigenvalue weighted by atomic mass is 10.0. The van der Waals surface area contributed by atoms with Gasteiger partial charge in [-0.1, -0.05) is 115 Å². The number of benzene rings is 8. The van der Waals surface area contributed by atoms with Gasteiger partial charge in [0.15, 0.2) is 0 Å². The Labute approximate surface area is 287 Å². The minimum Gasteiger partial charge on any atom is -0.308 e. The molecule has 4 nitrogen and oxygen atoms in total. The molecule has 50 heavy (non-hydrogen) atoms. The maximum Gasteiger partial charge on any atom is 0.101 e. The fourth-order valence-electron chi connectivity index (χ4n) is 7.98. The lowest BCUT2D eigenvalue weighted by Gasteiger charge is -2.16. The number of aromatic nitrogens is 2. The highest BCUT2D eigenvalue weighted by Gasteiger charge is 2.22. The second-order valence-corrected chi connectivity index (χ2v) is 12.8. The molecule has 0 aliphatic heterocycles. The van der Waals surface area contributed by atoms with Crippen molar-refractivity contribution < 1.29 is 0 Å². The van der Waals surface area contributed by atoms with E-state index in [4.69, 9.17) is 0 Å². The van der Waals surface area contributed by atoms with Crippen molar-refractivity contribution in [3.63, 3.8) is 0 Å². The van der Waals surface area contributed by atoms with Gasteiger partial charge in [-0.05, 0) is 75.1 Å². The summed E-state index contributed by atoms with van der Waals surface area (Å²) in [5.41, 5.74) is 8.57. The third-order valence-electron chi connectivity index (χ3n) is 10.2. The van der Waals surface area contributed by atoms with E-state index in [-0.39, 0.29) is 0 Å². The van der Waals surface area contributed by atoms with Gasteiger partial charge in [0.2, 0.25) is 0 Å². The van der Waals surface area contributed by atoms with Crippen molar-refractivity contribution in [1.82, 2.24) is 9.13 Å². The van der Waals surface area contributed by atoms with E-state index in [9.17, 15) is 10.5 Å². The molecule has 4 heteroatoms. The standard InChI is InChI=1S/C46H26N4/c47-27-33-26-44(34(28-48)25-43(33)49-39-17-9-8-16-37(39)45-35-14-6-4-12-30(35)18-22-41(45)49)50-40-21-20-32(29-10-2-1-3-11-29)24-38(40)46-36-15-7-5-13-31(36)19-23-42(46)50/h1-26H. The second kappa shape index (κ2) is 10.7. The predicted molar refractivity (Wildman–Crippen MR) is 205 cm³/mol. The molecule has 2 aromatic heterocycles. The van der Waals surface area contributed by atoms with Crippen LogP contribution in [0.15, 0.2) is 158 Å². The van der Waals surface area contributed by atoms with E-state index in [1.165, 1.54) is 0 Å². The summed E-state index contributed by atoms with van der Waals surface area (Å²) in [5, 5.41) is 30.7. The molecule has 8 aromatic carbocycles. The zero-order valence-electron chi connectivity index (χ0n) is 26.8. The van der Waals surface area contributed by atoms with E-state index in [0.717, 1.165) is 76.3 Å². The van der Waals surface area contributed by atoms with Crippen LogP contribution in [-0.4, -0.2) is 9.13 Å². The number of para-hydroxylation sites is 1. The lowest BCUT2D eigenvalue weighted by Crippen LogP contribution is -2.04. The molecule has 0 aliphatic rings. The molecular weight excluding hydrogens is 609 g/mol. The summed E-state index contributed by atoms with van der Waals surface area (Å²) in [6.07, 6.45) is 0. The Morgan fingerprint density at radius 3 is 1.44 bits per heavy atom. The van der Waals surface area contributed by atoms with Crippen LogP contribution >= 0.6 is 0 Å². The highest BCUT2D eigenvalue weighted by Crippen LogP contribution is 2.42. The summed E-state index contributed by atoms with van der Waals surface area (Å²) in [6.45, 7) is 0. The minimum atomic E-state index is 0.491. The molecule has 10 rings (SSSR count). The van der Waals surface area contributed by atoms with Gasteiger partial charge in [0.25, 0.3) is 0 Å². The SMILES string of the molecule is N#Cc1cc(-n2c3ccc(-c4ccccc4)cc3c3c4ccccc4ccc32)c(C#N)cc1-n1c2ccccc2c2c3ccccc3ccc21. The molecule has 0 amide bonds. The van der Waals surface area contributed by atoms with Crippen LogP contribution in [0.25, 0.3) is 87.7 Å². The van der Waals surface area contributed by atoms with E-state index in [1.54, 1.807) is 0 Å². The highest BCUT2D eigenvalue weighted by molar-refractivity contribution is 6.23. The number of hydrogen-bond acceptors (Lipinski definition) is 2. The first-order chi connectivity index (χ1) is 24.7. The van der Waals surface area contributed by atoms with Crippen LogP contribution in [0.5, 0.6) is 0 Å². The summed E-state index contributed by atoms with van der Waals surface area (Å²) in [7, 11) is 0. The monoisotopic (exact) mass is 634 g/mol. The van der Waals surface area contributed by atoms with Crippen molar-refractivity contribution in [2.24, 2.45) is 0 Å². The fraction of sp³-hybridized carbons (Fsp3) is 0. The number of nitrogens with zero attached hydrogens (tertiary/aromatic N) is 4. The van der Waals surface area contributed by atoms with Gasteiger partial charge in [-0.15, -0.1) is 0 Å². The largest absolute Gasteiger partial charge is 0.308 e. The lowest BCUT2D eigenvalue weighted by molar-refractivity contribution is 1.12. The predicted octanol–water partition coefficient (Wildman–Crippen LogP) is 11.6. The number of nitriles is 2. The Balaban J connectivity index is 1.29. The topological polar surface area (TPSA) is 57.4 Å². The summed E-state index contributed by atoms with van der Waals surface area (Å²) < 4.78 is 4.31. The van der Waals surface area contributed by atoms with Crippen molar-refractivity contribution in [1.29, 1.82) is 10.5 Å². The summed E-state index contributed by atoms with van der Waals surface area (Å²) in [5.74, 6) is 0. The van der Waals surface area contributed by atoms with E-state index < -0.39 is 0 Å². The van der Waals surface area contributed by atoms with Crippen LogP contribution in [0.2, 0.25) is 0 Å². The summed E-state index contributed by atoms with van der Waals surface area (Å²) in [6, 6.07) is 59.4. The highest BCUT2D eigenvalue weighted by atomic mass is 15.0. The fourth-order valence-corrected chi connectivity index (χ4v) is 7.98. The Hall–Kier alpha value is -7.14. The zero-order valence-corrected chi connectivity index (χ0v) is 26.8. The second-order valence-electron chi connectivity index (χ2n) is 12.8. The van der Waals surface area contributed by atoms with Gasteiger partial charge < -0.3 is 9.13 Å². The normalized spacial score (nSPS) is 11.6. The number of rotatable bonds is 3. The zero-order chi connectivity index (χ0) is 33.3. The van der Waals surface area contributed by atoms with Gasteiger partial charge in [-0.2, -0.15) is 10.5 Å². The summed E-state index contributed by atoms with van der Waals surface area (Å²) in [4.78, 5) is 0. The van der Waals surface area contributed by atoms with E-state index >= 15 is 0 Å². The molecular formula is C46H26N4. The Kier molecular flexibility index (Phi) is 5.97. The average molecular weight is 635 g/mol. The molecule has 0 aliphatic carbocycles. The Morgan fingerprint density at radius 1 is 0.360 bits per heavy atom. The Bertz CT molecular complexity index is 3110. The molecule has 0 saturated carbocycles. The first-order valence-electron chi connectivity index (χ1n) is 16.6. The molecule has 0 fully saturated rings. The van der Waals surface area contributed by atoms with Crippen LogP contribution in [0.1, 0.15) is 11.1 Å². The molecule has 0 unspecified atom stereocenters. The third kappa shape index (κ3) is 3.91. The van der Waals surface area contributed by atoms with E-state index in [2.05, 4.69) is 155 Å². The molecule has 2 heterocycles. The quantitative estimate of drug-likeness (QED) is 0.194. The number of hydrogen-bond donors (Lipinski definition) is 0. The van der Waals surface area contributed by atoms with Crippen LogP contribution in [0.4, 0.5) is 0 Å². The van der Waals surface area contributed by atoms with Gasteiger partial charge >= 0.3 is 0 Å². The average Bonchev–Trinajstić information content (AvgIpc) is 3.70. The van der Waals surface area contributed by atoms with Gasteiger partial charge in [0.1, 0.15) is 12.1 Å².